The molecule has 0 atom stereocenters. The molecule has 0 spiro atoms. The number of hydrogen-bond donors (Lipinski definition) is 2. The number of aromatic nitrogens is 1. The average molecular weight is 440 g/mol. The minimum atomic E-state index is -3.87. The van der Waals surface area contributed by atoms with Crippen molar-refractivity contribution in [1.29, 1.82) is 0 Å². The van der Waals surface area contributed by atoms with Crippen LogP contribution in [0.3, 0.4) is 0 Å². The van der Waals surface area contributed by atoms with Gasteiger partial charge in [-0.25, -0.2) is 17.5 Å². The van der Waals surface area contributed by atoms with Crippen molar-refractivity contribution in [3.8, 4) is 0 Å². The van der Waals surface area contributed by atoms with Crippen molar-refractivity contribution >= 4 is 38.9 Å². The third-order valence-corrected chi connectivity index (χ3v) is 6.18. The van der Waals surface area contributed by atoms with E-state index in [4.69, 9.17) is 11.6 Å². The fourth-order valence-corrected chi connectivity index (χ4v) is 4.19. The highest BCUT2D eigenvalue weighted by Gasteiger charge is 2.16. The molecule has 2 aromatic heterocycles. The molecule has 2 N–H and O–H groups in total. The summed E-state index contributed by atoms with van der Waals surface area (Å²) in [7, 11) is -3.87. The van der Waals surface area contributed by atoms with Crippen LogP contribution in [0.1, 0.15) is 21.6 Å². The van der Waals surface area contributed by atoms with Gasteiger partial charge in [0, 0.05) is 19.3 Å². The second kappa shape index (κ2) is 8.78. The first-order valence-electron chi connectivity index (χ1n) is 8.04. The third kappa shape index (κ3) is 5.14. The van der Waals surface area contributed by atoms with Gasteiger partial charge in [-0.3, -0.25) is 9.78 Å². The van der Waals surface area contributed by atoms with Crippen molar-refractivity contribution in [1.82, 2.24) is 15.0 Å². The summed E-state index contributed by atoms with van der Waals surface area (Å²) in [6.45, 7) is 0.368. The SMILES string of the molecule is O=C(NCc1ccsc1)c1ccc(CNS(=O)(=O)c2ccc(F)c(Cl)c2)cn1. The number of nitrogens with one attached hydrogen (secondary N) is 2. The van der Waals surface area contributed by atoms with Gasteiger partial charge < -0.3 is 5.32 Å². The molecule has 6 nitrogen and oxygen atoms in total. The highest BCUT2D eigenvalue weighted by atomic mass is 35.5. The molecule has 0 aliphatic carbocycles. The lowest BCUT2D eigenvalue weighted by atomic mass is 10.2. The van der Waals surface area contributed by atoms with Crippen LogP contribution in [-0.4, -0.2) is 19.3 Å². The third-order valence-electron chi connectivity index (χ3n) is 3.76. The average Bonchev–Trinajstić information content (AvgIpc) is 3.20. The number of carbonyl (C=O) groups excluding carboxylic acids is 1. The van der Waals surface area contributed by atoms with Crippen molar-refractivity contribution in [2.45, 2.75) is 18.0 Å². The van der Waals surface area contributed by atoms with Gasteiger partial charge in [0.1, 0.15) is 11.5 Å². The van der Waals surface area contributed by atoms with E-state index >= 15 is 0 Å². The fourth-order valence-electron chi connectivity index (χ4n) is 2.24. The second-order valence-corrected chi connectivity index (χ2v) is 8.72. The van der Waals surface area contributed by atoms with Crippen LogP contribution in [0.4, 0.5) is 4.39 Å². The summed E-state index contributed by atoms with van der Waals surface area (Å²) in [6, 6.07) is 8.19. The molecule has 0 bridgehead atoms. The number of carbonyl (C=O) groups is 1. The fraction of sp³-hybridized carbons (Fsp3) is 0.111. The number of nitrogens with zero attached hydrogens (tertiary/aromatic N) is 1. The molecular weight excluding hydrogens is 425 g/mol. The van der Waals surface area contributed by atoms with Crippen LogP contribution in [0.2, 0.25) is 5.02 Å². The van der Waals surface area contributed by atoms with Gasteiger partial charge in [0.25, 0.3) is 5.91 Å². The van der Waals surface area contributed by atoms with Gasteiger partial charge in [-0.05, 0) is 52.2 Å². The minimum Gasteiger partial charge on any atom is -0.347 e. The summed E-state index contributed by atoms with van der Waals surface area (Å²) in [5, 5.41) is 6.35. The van der Waals surface area contributed by atoms with Gasteiger partial charge in [-0.1, -0.05) is 17.7 Å². The summed E-state index contributed by atoms with van der Waals surface area (Å²) < 4.78 is 40.1. The summed E-state index contributed by atoms with van der Waals surface area (Å²) in [5.41, 5.74) is 1.79. The van der Waals surface area contributed by atoms with E-state index in [2.05, 4.69) is 15.0 Å². The van der Waals surface area contributed by atoms with Gasteiger partial charge in [0.2, 0.25) is 10.0 Å². The van der Waals surface area contributed by atoms with E-state index in [0.29, 0.717) is 12.1 Å². The van der Waals surface area contributed by atoms with Gasteiger partial charge in [-0.2, -0.15) is 11.3 Å². The number of pyridine rings is 1. The summed E-state index contributed by atoms with van der Waals surface area (Å²) in [6.07, 6.45) is 1.42. The van der Waals surface area contributed by atoms with E-state index in [0.717, 1.165) is 23.8 Å². The molecule has 0 radical (unpaired) electrons. The maximum absolute atomic E-state index is 13.2. The zero-order valence-electron chi connectivity index (χ0n) is 14.4. The highest BCUT2D eigenvalue weighted by Crippen LogP contribution is 2.19. The molecule has 0 saturated carbocycles. The molecule has 28 heavy (non-hydrogen) atoms. The standard InChI is InChI=1S/C18H15ClFN3O3S2/c19-15-7-14(2-3-16(15)20)28(25,26)23-10-12-1-4-17(21-8-12)18(24)22-9-13-5-6-27-11-13/h1-8,11,23H,9-10H2,(H,22,24). The Hall–Kier alpha value is -2.33. The smallest absolute Gasteiger partial charge is 0.270 e. The van der Waals surface area contributed by atoms with E-state index < -0.39 is 15.8 Å². The molecule has 0 unspecified atom stereocenters. The van der Waals surface area contributed by atoms with E-state index in [1.165, 1.54) is 12.3 Å². The van der Waals surface area contributed by atoms with Gasteiger partial charge in [0.05, 0.1) is 9.92 Å². The molecule has 0 aliphatic rings. The zero-order valence-corrected chi connectivity index (χ0v) is 16.7. The normalized spacial score (nSPS) is 11.4. The second-order valence-electron chi connectivity index (χ2n) is 5.77. The van der Waals surface area contributed by atoms with Crippen molar-refractivity contribution < 1.29 is 17.6 Å². The predicted molar refractivity (Wildman–Crippen MR) is 105 cm³/mol. The maximum atomic E-state index is 13.2. The molecule has 0 fully saturated rings. The number of sulfonamides is 1. The van der Waals surface area contributed by atoms with Crippen LogP contribution in [0.25, 0.3) is 0 Å². The Balaban J connectivity index is 1.59. The van der Waals surface area contributed by atoms with Gasteiger partial charge in [-0.15, -0.1) is 0 Å². The Labute approximate surface area is 170 Å². The van der Waals surface area contributed by atoms with Crippen LogP contribution in [-0.2, 0) is 23.1 Å². The van der Waals surface area contributed by atoms with E-state index in [1.54, 1.807) is 17.4 Å². The minimum absolute atomic E-state index is 0.0405. The zero-order chi connectivity index (χ0) is 20.1. The maximum Gasteiger partial charge on any atom is 0.270 e. The molecule has 0 aliphatic heterocycles. The van der Waals surface area contributed by atoms with Crippen molar-refractivity contribution in [3.05, 3.63) is 81.0 Å². The number of amides is 1. The Morgan fingerprint density at radius 1 is 1.14 bits per heavy atom. The lowest BCUT2D eigenvalue weighted by Crippen LogP contribution is -2.25. The molecular formula is C18H15ClFN3O3S2. The summed E-state index contributed by atoms with van der Waals surface area (Å²) in [5.74, 6) is -1.02. The molecule has 0 saturated heterocycles. The lowest BCUT2D eigenvalue weighted by Gasteiger charge is -2.08. The van der Waals surface area contributed by atoms with Crippen LogP contribution in [0.15, 0.2) is 58.3 Å². The predicted octanol–water partition coefficient (Wildman–Crippen LogP) is 3.34. The Kier molecular flexibility index (Phi) is 6.40. The lowest BCUT2D eigenvalue weighted by molar-refractivity contribution is 0.0946. The number of benzene rings is 1. The molecule has 1 aromatic carbocycles. The monoisotopic (exact) mass is 439 g/mol. The topological polar surface area (TPSA) is 88.2 Å². The highest BCUT2D eigenvalue weighted by molar-refractivity contribution is 7.89. The van der Waals surface area contributed by atoms with E-state index in [9.17, 15) is 17.6 Å². The largest absolute Gasteiger partial charge is 0.347 e. The number of thiophene rings is 1. The van der Waals surface area contributed by atoms with Crippen LogP contribution < -0.4 is 10.0 Å². The van der Waals surface area contributed by atoms with E-state index in [-0.39, 0.29) is 28.1 Å². The first-order valence-corrected chi connectivity index (χ1v) is 10.8. The molecule has 3 aromatic rings. The first-order chi connectivity index (χ1) is 13.3. The van der Waals surface area contributed by atoms with Crippen molar-refractivity contribution in [2.24, 2.45) is 0 Å². The van der Waals surface area contributed by atoms with Crippen LogP contribution >= 0.6 is 22.9 Å². The Morgan fingerprint density at radius 3 is 2.61 bits per heavy atom. The Morgan fingerprint density at radius 2 is 1.96 bits per heavy atom. The van der Waals surface area contributed by atoms with Gasteiger partial charge >= 0.3 is 0 Å². The molecule has 10 heteroatoms. The molecule has 3 rings (SSSR count). The van der Waals surface area contributed by atoms with Crippen molar-refractivity contribution in [2.75, 3.05) is 0 Å². The van der Waals surface area contributed by atoms with E-state index in [1.807, 2.05) is 16.8 Å². The van der Waals surface area contributed by atoms with Crippen LogP contribution in [0, 0.1) is 5.82 Å². The molecule has 146 valence electrons. The van der Waals surface area contributed by atoms with Crippen molar-refractivity contribution in [3.63, 3.8) is 0 Å². The quantitative estimate of drug-likeness (QED) is 0.591. The first kappa shape index (κ1) is 20.4. The summed E-state index contributed by atoms with van der Waals surface area (Å²) >= 11 is 7.18. The van der Waals surface area contributed by atoms with Gasteiger partial charge in [0.15, 0.2) is 0 Å². The molecule has 2 heterocycles. The Bertz CT molecular complexity index is 1070. The summed E-state index contributed by atoms with van der Waals surface area (Å²) in [4.78, 5) is 16.0. The number of halogens is 2. The number of hydrogen-bond acceptors (Lipinski definition) is 5. The van der Waals surface area contributed by atoms with Crippen LogP contribution in [0.5, 0.6) is 0 Å². The molecule has 1 amide bonds. The number of rotatable bonds is 7.